The van der Waals surface area contributed by atoms with E-state index in [1.807, 2.05) is 0 Å². The fourth-order valence-corrected chi connectivity index (χ4v) is 5.06. The van der Waals surface area contributed by atoms with Crippen LogP contribution in [0.1, 0.15) is 39.8 Å². The number of aryl methyl sites for hydroxylation is 5. The minimum absolute atomic E-state index is 0.481. The average molecular weight is 320 g/mol. The van der Waals surface area contributed by atoms with Crippen molar-refractivity contribution in [2.24, 2.45) is 0 Å². The standard InChI is InChI=1S/C22H28N2/c1-14-9-16(3)21(17(4)10-14)23-7-6-8-24-20(23)13-19-12-15(2)11-18(5)22(19)24/h9-12,20H,6-8,13H2,1-5H3. The van der Waals surface area contributed by atoms with Crippen LogP contribution in [-0.2, 0) is 6.42 Å². The molecule has 126 valence electrons. The lowest BCUT2D eigenvalue weighted by molar-refractivity contribution is 0.506. The summed E-state index contributed by atoms with van der Waals surface area (Å²) in [6.45, 7) is 13.6. The minimum atomic E-state index is 0.481. The molecule has 4 rings (SSSR count). The Balaban J connectivity index is 1.78. The molecule has 1 saturated heterocycles. The van der Waals surface area contributed by atoms with Gasteiger partial charge in [0, 0.05) is 30.9 Å². The van der Waals surface area contributed by atoms with Gasteiger partial charge in [-0.15, -0.1) is 0 Å². The highest BCUT2D eigenvalue weighted by atomic mass is 15.4. The molecule has 2 aliphatic heterocycles. The summed E-state index contributed by atoms with van der Waals surface area (Å²) in [6.07, 6.45) is 2.86. The van der Waals surface area contributed by atoms with Crippen molar-refractivity contribution in [3.05, 3.63) is 57.6 Å². The Hall–Kier alpha value is -1.96. The van der Waals surface area contributed by atoms with Crippen LogP contribution < -0.4 is 9.80 Å². The molecule has 2 heterocycles. The molecule has 2 aromatic rings. The topological polar surface area (TPSA) is 6.48 Å². The molecule has 0 aromatic heterocycles. The lowest BCUT2D eigenvalue weighted by Gasteiger charge is -2.44. The molecule has 2 aromatic carbocycles. The van der Waals surface area contributed by atoms with Gasteiger partial charge in [0.05, 0.1) is 0 Å². The van der Waals surface area contributed by atoms with E-state index in [1.165, 1.54) is 57.7 Å². The summed E-state index contributed by atoms with van der Waals surface area (Å²) >= 11 is 0. The quantitative estimate of drug-likeness (QED) is 0.743. The van der Waals surface area contributed by atoms with Crippen molar-refractivity contribution in [1.82, 2.24) is 0 Å². The van der Waals surface area contributed by atoms with Gasteiger partial charge in [0.1, 0.15) is 6.17 Å². The van der Waals surface area contributed by atoms with Crippen LogP contribution in [0.5, 0.6) is 0 Å². The zero-order valence-electron chi connectivity index (χ0n) is 15.6. The second-order valence-electron chi connectivity index (χ2n) is 7.76. The van der Waals surface area contributed by atoms with Crippen molar-refractivity contribution in [3.8, 4) is 0 Å². The summed E-state index contributed by atoms with van der Waals surface area (Å²) < 4.78 is 0. The monoisotopic (exact) mass is 320 g/mol. The molecule has 1 unspecified atom stereocenters. The van der Waals surface area contributed by atoms with Gasteiger partial charge in [-0.2, -0.15) is 0 Å². The van der Waals surface area contributed by atoms with Gasteiger partial charge in [0.2, 0.25) is 0 Å². The lowest BCUT2D eigenvalue weighted by atomic mass is 10.0. The molecule has 0 radical (unpaired) electrons. The molecule has 2 heteroatoms. The number of rotatable bonds is 1. The van der Waals surface area contributed by atoms with Crippen molar-refractivity contribution in [2.75, 3.05) is 22.9 Å². The molecule has 1 atom stereocenters. The molecule has 0 bridgehead atoms. The highest BCUT2D eigenvalue weighted by Crippen LogP contribution is 2.41. The Bertz CT molecular complexity index is 783. The minimum Gasteiger partial charge on any atom is -0.350 e. The van der Waals surface area contributed by atoms with Gasteiger partial charge >= 0.3 is 0 Å². The normalized spacial score (nSPS) is 19.5. The van der Waals surface area contributed by atoms with Gasteiger partial charge in [0.15, 0.2) is 0 Å². The molecule has 0 spiro atoms. The van der Waals surface area contributed by atoms with Gasteiger partial charge in [-0.25, -0.2) is 0 Å². The SMILES string of the molecule is Cc1cc(C)c(N2CCCN3c4c(C)cc(C)cc4CC23)c(C)c1. The van der Waals surface area contributed by atoms with Crippen LogP contribution in [0.2, 0.25) is 0 Å². The zero-order chi connectivity index (χ0) is 17.0. The van der Waals surface area contributed by atoms with Gasteiger partial charge in [0.25, 0.3) is 0 Å². The summed E-state index contributed by atoms with van der Waals surface area (Å²) in [7, 11) is 0. The van der Waals surface area contributed by atoms with Crippen LogP contribution in [0.3, 0.4) is 0 Å². The molecule has 0 amide bonds. The molecule has 0 N–H and O–H groups in total. The van der Waals surface area contributed by atoms with Crippen molar-refractivity contribution in [1.29, 1.82) is 0 Å². The molecule has 1 fully saturated rings. The Morgan fingerprint density at radius 1 is 0.708 bits per heavy atom. The maximum Gasteiger partial charge on any atom is 0.106 e. The van der Waals surface area contributed by atoms with Crippen LogP contribution in [0, 0.1) is 34.6 Å². The van der Waals surface area contributed by atoms with Crippen molar-refractivity contribution in [2.45, 2.75) is 53.6 Å². The van der Waals surface area contributed by atoms with E-state index in [-0.39, 0.29) is 0 Å². The summed E-state index contributed by atoms with van der Waals surface area (Å²) in [6, 6.07) is 9.40. The predicted octanol–water partition coefficient (Wildman–Crippen LogP) is 4.83. The molecule has 0 saturated carbocycles. The first-order valence-electron chi connectivity index (χ1n) is 9.17. The van der Waals surface area contributed by atoms with E-state index < -0.39 is 0 Å². The number of fused-ring (bicyclic) bond motifs is 3. The summed E-state index contributed by atoms with van der Waals surface area (Å²) in [5.74, 6) is 0. The van der Waals surface area contributed by atoms with Crippen LogP contribution in [0.25, 0.3) is 0 Å². The van der Waals surface area contributed by atoms with E-state index in [2.05, 4.69) is 68.7 Å². The second-order valence-corrected chi connectivity index (χ2v) is 7.76. The number of anilines is 2. The summed E-state index contributed by atoms with van der Waals surface area (Å²) in [5, 5.41) is 0. The third kappa shape index (κ3) is 2.31. The molecule has 2 nitrogen and oxygen atoms in total. The van der Waals surface area contributed by atoms with Crippen molar-refractivity contribution >= 4 is 11.4 Å². The molecule has 24 heavy (non-hydrogen) atoms. The van der Waals surface area contributed by atoms with E-state index in [9.17, 15) is 0 Å². The van der Waals surface area contributed by atoms with Crippen molar-refractivity contribution < 1.29 is 0 Å². The van der Waals surface area contributed by atoms with E-state index in [0.29, 0.717) is 6.17 Å². The number of nitrogens with zero attached hydrogens (tertiary/aromatic N) is 2. The Kier molecular flexibility index (Phi) is 3.59. The first-order chi connectivity index (χ1) is 11.5. The third-order valence-corrected chi connectivity index (χ3v) is 5.65. The van der Waals surface area contributed by atoms with Crippen LogP contribution in [0.4, 0.5) is 11.4 Å². The maximum absolute atomic E-state index is 2.67. The summed E-state index contributed by atoms with van der Waals surface area (Å²) in [5.41, 5.74) is 11.5. The third-order valence-electron chi connectivity index (χ3n) is 5.65. The first kappa shape index (κ1) is 15.6. The van der Waals surface area contributed by atoms with E-state index in [1.54, 1.807) is 0 Å². The Morgan fingerprint density at radius 3 is 1.83 bits per heavy atom. The zero-order valence-corrected chi connectivity index (χ0v) is 15.6. The Labute approximate surface area is 146 Å². The first-order valence-corrected chi connectivity index (χ1v) is 9.17. The lowest BCUT2D eigenvalue weighted by Crippen LogP contribution is -2.53. The molecule has 0 aliphatic carbocycles. The van der Waals surface area contributed by atoms with Gasteiger partial charge in [-0.3, -0.25) is 0 Å². The fraction of sp³-hybridized carbons (Fsp3) is 0.455. The van der Waals surface area contributed by atoms with Gasteiger partial charge < -0.3 is 9.80 Å². The number of benzene rings is 2. The number of hydrogen-bond donors (Lipinski definition) is 0. The second kappa shape index (κ2) is 5.54. The average Bonchev–Trinajstić information content (AvgIpc) is 2.85. The van der Waals surface area contributed by atoms with Crippen molar-refractivity contribution in [3.63, 3.8) is 0 Å². The maximum atomic E-state index is 2.67. The predicted molar refractivity (Wildman–Crippen MR) is 103 cm³/mol. The Morgan fingerprint density at radius 2 is 1.21 bits per heavy atom. The largest absolute Gasteiger partial charge is 0.350 e. The van der Waals surface area contributed by atoms with E-state index in [4.69, 9.17) is 0 Å². The molecular formula is C22H28N2. The smallest absolute Gasteiger partial charge is 0.106 e. The molecular weight excluding hydrogens is 292 g/mol. The number of hydrogen-bond acceptors (Lipinski definition) is 2. The fourth-order valence-electron chi connectivity index (χ4n) is 5.06. The highest BCUT2D eigenvalue weighted by Gasteiger charge is 2.38. The van der Waals surface area contributed by atoms with Gasteiger partial charge in [-0.1, -0.05) is 35.4 Å². The van der Waals surface area contributed by atoms with Crippen LogP contribution in [0.15, 0.2) is 24.3 Å². The van der Waals surface area contributed by atoms with E-state index in [0.717, 1.165) is 13.0 Å². The van der Waals surface area contributed by atoms with E-state index >= 15 is 0 Å². The summed E-state index contributed by atoms with van der Waals surface area (Å²) in [4.78, 5) is 5.33. The van der Waals surface area contributed by atoms with Crippen LogP contribution in [-0.4, -0.2) is 19.3 Å². The highest BCUT2D eigenvalue weighted by molar-refractivity contribution is 5.70. The van der Waals surface area contributed by atoms with Crippen LogP contribution >= 0.6 is 0 Å². The molecule has 2 aliphatic rings. The van der Waals surface area contributed by atoms with Gasteiger partial charge in [-0.05, 0) is 63.3 Å².